The van der Waals surface area contributed by atoms with E-state index in [0.29, 0.717) is 18.0 Å². The lowest BCUT2D eigenvalue weighted by Crippen LogP contribution is -2.40. The lowest BCUT2D eigenvalue weighted by Gasteiger charge is -2.16. The highest BCUT2D eigenvalue weighted by atomic mass is 127. The molecule has 0 bridgehead atoms. The third-order valence-electron chi connectivity index (χ3n) is 3.54. The second-order valence-electron chi connectivity index (χ2n) is 5.38. The van der Waals surface area contributed by atoms with Crippen molar-refractivity contribution in [2.75, 3.05) is 6.54 Å². The molecule has 2 aliphatic carbocycles. The zero-order valence-electron chi connectivity index (χ0n) is 11.4. The summed E-state index contributed by atoms with van der Waals surface area (Å²) in [6, 6.07) is 0.825. The predicted molar refractivity (Wildman–Crippen MR) is 87.7 cm³/mol. The Morgan fingerprint density at radius 3 is 2.16 bits per heavy atom. The molecule has 0 aliphatic heterocycles. The van der Waals surface area contributed by atoms with Crippen molar-refractivity contribution in [1.29, 1.82) is 0 Å². The van der Waals surface area contributed by atoms with E-state index >= 15 is 0 Å². The van der Waals surface area contributed by atoms with E-state index in [9.17, 15) is 4.79 Å². The first-order valence-corrected chi connectivity index (χ1v) is 7.10. The summed E-state index contributed by atoms with van der Waals surface area (Å²) in [6.07, 6.45) is 9.67. The van der Waals surface area contributed by atoms with Gasteiger partial charge in [0.1, 0.15) is 6.54 Å². The van der Waals surface area contributed by atoms with Gasteiger partial charge in [-0.25, -0.2) is 4.99 Å². The van der Waals surface area contributed by atoms with Gasteiger partial charge in [0.2, 0.25) is 5.91 Å². The SMILES string of the molecule is I.NC(=NCC(=O)NC1CC1)NC1CCCCCC1. The van der Waals surface area contributed by atoms with Crippen molar-refractivity contribution >= 4 is 35.8 Å². The minimum Gasteiger partial charge on any atom is -0.370 e. The van der Waals surface area contributed by atoms with Crippen molar-refractivity contribution in [3.63, 3.8) is 0 Å². The summed E-state index contributed by atoms with van der Waals surface area (Å²) in [7, 11) is 0. The standard InChI is InChI=1S/C13H24N4O.HI/c14-13(15-9-12(18)16-11-7-8-11)17-10-5-3-1-2-4-6-10;/h10-11H,1-9H2,(H,16,18)(H3,14,15,17);1H. The monoisotopic (exact) mass is 380 g/mol. The Labute approximate surface area is 132 Å². The first-order valence-electron chi connectivity index (χ1n) is 7.10. The molecule has 2 fully saturated rings. The number of nitrogens with two attached hydrogens (primary N) is 1. The molecule has 0 aromatic rings. The Morgan fingerprint density at radius 1 is 1.00 bits per heavy atom. The summed E-state index contributed by atoms with van der Waals surface area (Å²) in [5, 5.41) is 6.12. The molecular formula is C13H25IN4O. The Balaban J connectivity index is 0.00000180. The highest BCUT2D eigenvalue weighted by Gasteiger charge is 2.22. The van der Waals surface area contributed by atoms with Gasteiger partial charge in [-0.05, 0) is 25.7 Å². The van der Waals surface area contributed by atoms with E-state index < -0.39 is 0 Å². The first kappa shape index (κ1) is 16.5. The van der Waals surface area contributed by atoms with Crippen LogP contribution in [0.1, 0.15) is 51.4 Å². The number of rotatable bonds is 4. The Bertz CT molecular complexity index is 310. The number of nitrogens with one attached hydrogen (secondary N) is 2. The maximum absolute atomic E-state index is 11.4. The zero-order valence-corrected chi connectivity index (χ0v) is 13.7. The fourth-order valence-electron chi connectivity index (χ4n) is 2.34. The number of aliphatic imine (C=N–C) groups is 1. The van der Waals surface area contributed by atoms with Crippen LogP contribution < -0.4 is 16.4 Å². The van der Waals surface area contributed by atoms with Crippen LogP contribution in [0.2, 0.25) is 0 Å². The number of halogens is 1. The molecule has 0 spiro atoms. The molecule has 0 saturated heterocycles. The van der Waals surface area contributed by atoms with Crippen molar-refractivity contribution in [2.45, 2.75) is 63.5 Å². The number of guanidine groups is 1. The first-order chi connectivity index (χ1) is 8.74. The summed E-state index contributed by atoms with van der Waals surface area (Å²) in [4.78, 5) is 15.5. The van der Waals surface area contributed by atoms with E-state index in [0.717, 1.165) is 25.7 Å². The summed E-state index contributed by atoms with van der Waals surface area (Å²) in [5.74, 6) is 0.385. The lowest BCUT2D eigenvalue weighted by atomic mass is 10.1. The summed E-state index contributed by atoms with van der Waals surface area (Å²) >= 11 is 0. The van der Waals surface area contributed by atoms with Gasteiger partial charge in [0, 0.05) is 12.1 Å². The van der Waals surface area contributed by atoms with Gasteiger partial charge in [-0.15, -0.1) is 24.0 Å². The van der Waals surface area contributed by atoms with Crippen LogP contribution in [-0.2, 0) is 4.79 Å². The van der Waals surface area contributed by atoms with Crippen molar-refractivity contribution in [1.82, 2.24) is 10.6 Å². The number of hydrogen-bond donors (Lipinski definition) is 3. The van der Waals surface area contributed by atoms with E-state index in [1.165, 1.54) is 25.7 Å². The topological polar surface area (TPSA) is 79.5 Å². The van der Waals surface area contributed by atoms with Crippen molar-refractivity contribution < 1.29 is 4.79 Å². The maximum Gasteiger partial charge on any atom is 0.242 e. The van der Waals surface area contributed by atoms with E-state index in [1.54, 1.807) is 0 Å². The molecule has 0 radical (unpaired) electrons. The van der Waals surface area contributed by atoms with Crippen LogP contribution in [-0.4, -0.2) is 30.5 Å². The van der Waals surface area contributed by atoms with Crippen molar-refractivity contribution in [3.8, 4) is 0 Å². The Morgan fingerprint density at radius 2 is 1.58 bits per heavy atom. The second kappa shape index (κ2) is 8.60. The molecule has 5 nitrogen and oxygen atoms in total. The van der Waals surface area contributed by atoms with Gasteiger partial charge in [-0.1, -0.05) is 25.7 Å². The molecular weight excluding hydrogens is 355 g/mol. The lowest BCUT2D eigenvalue weighted by molar-refractivity contribution is -0.119. The van der Waals surface area contributed by atoms with E-state index in [2.05, 4.69) is 15.6 Å². The van der Waals surface area contributed by atoms with Crippen LogP contribution in [0, 0.1) is 0 Å². The molecule has 0 aromatic heterocycles. The van der Waals surface area contributed by atoms with E-state index in [4.69, 9.17) is 5.73 Å². The molecule has 0 unspecified atom stereocenters. The number of carbonyl (C=O) groups excluding carboxylic acids is 1. The molecule has 110 valence electrons. The van der Waals surface area contributed by atoms with Crippen LogP contribution in [0.4, 0.5) is 0 Å². The highest BCUT2D eigenvalue weighted by molar-refractivity contribution is 14.0. The van der Waals surface area contributed by atoms with E-state index in [-0.39, 0.29) is 36.4 Å². The minimum atomic E-state index is -0.0249. The smallest absolute Gasteiger partial charge is 0.242 e. The van der Waals surface area contributed by atoms with Crippen LogP contribution in [0.15, 0.2) is 4.99 Å². The van der Waals surface area contributed by atoms with Crippen LogP contribution in [0.5, 0.6) is 0 Å². The van der Waals surface area contributed by atoms with Gasteiger partial charge in [0.05, 0.1) is 0 Å². The molecule has 2 saturated carbocycles. The maximum atomic E-state index is 11.4. The van der Waals surface area contributed by atoms with Crippen LogP contribution in [0.3, 0.4) is 0 Å². The quantitative estimate of drug-likeness (QED) is 0.299. The van der Waals surface area contributed by atoms with Crippen LogP contribution in [0.25, 0.3) is 0 Å². The van der Waals surface area contributed by atoms with Gasteiger partial charge >= 0.3 is 0 Å². The summed E-state index contributed by atoms with van der Waals surface area (Å²) < 4.78 is 0. The molecule has 2 aliphatic rings. The molecule has 6 heteroatoms. The molecule has 0 aromatic carbocycles. The number of hydrogen-bond acceptors (Lipinski definition) is 2. The summed E-state index contributed by atoms with van der Waals surface area (Å²) in [5.41, 5.74) is 5.81. The van der Waals surface area contributed by atoms with Gasteiger partial charge in [0.25, 0.3) is 0 Å². The van der Waals surface area contributed by atoms with Crippen molar-refractivity contribution in [3.05, 3.63) is 0 Å². The highest BCUT2D eigenvalue weighted by Crippen LogP contribution is 2.18. The fourth-order valence-corrected chi connectivity index (χ4v) is 2.34. The van der Waals surface area contributed by atoms with Crippen LogP contribution >= 0.6 is 24.0 Å². The normalized spacial score (nSPS) is 21.2. The third-order valence-corrected chi connectivity index (χ3v) is 3.54. The summed E-state index contributed by atoms with van der Waals surface area (Å²) in [6.45, 7) is 0.141. The molecule has 1 amide bonds. The largest absolute Gasteiger partial charge is 0.370 e. The predicted octanol–water partition coefficient (Wildman–Crippen LogP) is 1.51. The van der Waals surface area contributed by atoms with Gasteiger partial charge < -0.3 is 16.4 Å². The minimum absolute atomic E-state index is 0. The Kier molecular flexibility index (Phi) is 7.48. The number of nitrogens with zero attached hydrogens (tertiary/aromatic N) is 1. The average molecular weight is 380 g/mol. The average Bonchev–Trinajstić information content (AvgIpc) is 3.14. The molecule has 4 N–H and O–H groups in total. The zero-order chi connectivity index (χ0) is 12.8. The van der Waals surface area contributed by atoms with Crippen molar-refractivity contribution in [2.24, 2.45) is 10.7 Å². The third kappa shape index (κ3) is 6.98. The van der Waals surface area contributed by atoms with Gasteiger partial charge in [-0.2, -0.15) is 0 Å². The second-order valence-corrected chi connectivity index (χ2v) is 5.38. The van der Waals surface area contributed by atoms with Gasteiger partial charge in [0.15, 0.2) is 5.96 Å². The molecule has 2 rings (SSSR count). The van der Waals surface area contributed by atoms with Gasteiger partial charge in [-0.3, -0.25) is 4.79 Å². The molecule has 0 heterocycles. The fraction of sp³-hybridized carbons (Fsp3) is 0.846. The number of amides is 1. The Hall–Kier alpha value is -0.530. The molecule has 0 atom stereocenters. The molecule has 19 heavy (non-hydrogen) atoms. The number of carbonyl (C=O) groups is 1. The van der Waals surface area contributed by atoms with E-state index in [1.807, 2.05) is 0 Å².